The van der Waals surface area contributed by atoms with Gasteiger partial charge in [-0.25, -0.2) is 9.37 Å². The summed E-state index contributed by atoms with van der Waals surface area (Å²) in [5, 5.41) is 0. The molecule has 18 heavy (non-hydrogen) atoms. The van der Waals surface area contributed by atoms with Crippen LogP contribution in [-0.4, -0.2) is 11.6 Å². The lowest BCUT2D eigenvalue weighted by Gasteiger charge is -2.31. The smallest absolute Gasteiger partial charge is 0.250 e. The van der Waals surface area contributed by atoms with E-state index in [4.69, 9.17) is 10.5 Å². The van der Waals surface area contributed by atoms with Crippen LogP contribution in [0.4, 0.5) is 4.39 Å². The molecule has 2 N–H and O–H groups in total. The molecule has 1 aliphatic rings. The maximum absolute atomic E-state index is 14.3. The van der Waals surface area contributed by atoms with Crippen molar-refractivity contribution in [1.29, 1.82) is 0 Å². The minimum atomic E-state index is -0.403. The first-order valence-corrected chi connectivity index (χ1v) is 6.61. The molecule has 0 saturated heterocycles. The Kier molecular flexibility index (Phi) is 3.85. The lowest BCUT2D eigenvalue weighted by molar-refractivity contribution is 0.254. The highest BCUT2D eigenvalue weighted by molar-refractivity contribution is 5.28. The van der Waals surface area contributed by atoms with Gasteiger partial charge in [-0.1, -0.05) is 19.8 Å². The largest absolute Gasteiger partial charge is 0.476 e. The predicted molar refractivity (Wildman–Crippen MR) is 68.9 cm³/mol. The lowest BCUT2D eigenvalue weighted by atomic mass is 9.78. The summed E-state index contributed by atoms with van der Waals surface area (Å²) in [6.45, 7) is 4.36. The second-order valence-electron chi connectivity index (χ2n) is 5.29. The number of halogens is 1. The van der Waals surface area contributed by atoms with Gasteiger partial charge in [0.25, 0.3) is 5.88 Å². The van der Waals surface area contributed by atoms with Crippen LogP contribution in [0.15, 0.2) is 12.3 Å². The molecule has 0 aromatic carbocycles. The number of hydrogen-bond donors (Lipinski definition) is 1. The van der Waals surface area contributed by atoms with Crippen LogP contribution < -0.4 is 10.5 Å². The van der Waals surface area contributed by atoms with Gasteiger partial charge >= 0.3 is 0 Å². The van der Waals surface area contributed by atoms with E-state index in [-0.39, 0.29) is 17.3 Å². The van der Waals surface area contributed by atoms with Gasteiger partial charge in [-0.05, 0) is 31.2 Å². The van der Waals surface area contributed by atoms with Gasteiger partial charge in [0.15, 0.2) is 5.82 Å². The van der Waals surface area contributed by atoms with Crippen molar-refractivity contribution < 1.29 is 9.13 Å². The molecular formula is C14H21FN2O. The van der Waals surface area contributed by atoms with Gasteiger partial charge in [-0.15, -0.1) is 0 Å². The SMILES string of the molecule is CCOc1nccc(C(N)C2(C)CCCC2)c1F. The third kappa shape index (κ3) is 2.34. The Labute approximate surface area is 108 Å². The van der Waals surface area contributed by atoms with E-state index in [2.05, 4.69) is 11.9 Å². The van der Waals surface area contributed by atoms with Crippen molar-refractivity contribution in [3.05, 3.63) is 23.6 Å². The summed E-state index contributed by atoms with van der Waals surface area (Å²) in [5.74, 6) is -0.341. The van der Waals surface area contributed by atoms with Crippen molar-refractivity contribution in [3.63, 3.8) is 0 Å². The molecule has 0 aliphatic heterocycles. The first-order valence-electron chi connectivity index (χ1n) is 6.61. The monoisotopic (exact) mass is 252 g/mol. The van der Waals surface area contributed by atoms with Gasteiger partial charge in [0.2, 0.25) is 0 Å². The lowest BCUT2D eigenvalue weighted by Crippen LogP contribution is -2.30. The van der Waals surface area contributed by atoms with E-state index in [0.29, 0.717) is 12.2 Å². The average molecular weight is 252 g/mol. The summed E-state index contributed by atoms with van der Waals surface area (Å²) in [6.07, 6.45) is 6.03. The zero-order valence-electron chi connectivity index (χ0n) is 11.1. The van der Waals surface area contributed by atoms with Crippen molar-refractivity contribution in [2.45, 2.75) is 45.6 Å². The van der Waals surface area contributed by atoms with Crippen LogP contribution in [-0.2, 0) is 0 Å². The topological polar surface area (TPSA) is 48.1 Å². The van der Waals surface area contributed by atoms with Crippen molar-refractivity contribution in [2.24, 2.45) is 11.1 Å². The fourth-order valence-electron chi connectivity index (χ4n) is 2.79. The van der Waals surface area contributed by atoms with Crippen molar-refractivity contribution >= 4 is 0 Å². The highest BCUT2D eigenvalue weighted by atomic mass is 19.1. The first-order chi connectivity index (χ1) is 8.58. The molecule has 1 aliphatic carbocycles. The fraction of sp³-hybridized carbons (Fsp3) is 0.643. The van der Waals surface area contributed by atoms with Gasteiger partial charge in [0.05, 0.1) is 6.61 Å². The van der Waals surface area contributed by atoms with Gasteiger partial charge in [0, 0.05) is 17.8 Å². The molecule has 0 spiro atoms. The van der Waals surface area contributed by atoms with Crippen LogP contribution in [0.3, 0.4) is 0 Å². The number of aromatic nitrogens is 1. The van der Waals surface area contributed by atoms with Crippen molar-refractivity contribution in [2.75, 3.05) is 6.61 Å². The third-order valence-electron chi connectivity index (χ3n) is 4.00. The molecule has 1 aromatic rings. The summed E-state index contributed by atoms with van der Waals surface area (Å²) in [4.78, 5) is 3.91. The zero-order valence-corrected chi connectivity index (χ0v) is 11.1. The van der Waals surface area contributed by atoms with Gasteiger partial charge < -0.3 is 10.5 Å². The standard InChI is InChI=1S/C14H21FN2O/c1-3-18-13-11(15)10(6-9-17-13)12(16)14(2)7-4-5-8-14/h6,9,12H,3-5,7-8,16H2,1-2H3. The van der Waals surface area contributed by atoms with E-state index >= 15 is 0 Å². The average Bonchev–Trinajstić information content (AvgIpc) is 2.80. The van der Waals surface area contributed by atoms with Crippen molar-refractivity contribution in [3.8, 4) is 5.88 Å². The van der Waals surface area contributed by atoms with Crippen LogP contribution in [0.5, 0.6) is 5.88 Å². The molecule has 3 nitrogen and oxygen atoms in total. The summed E-state index contributed by atoms with van der Waals surface area (Å²) in [5.41, 5.74) is 6.79. The van der Waals surface area contributed by atoms with Gasteiger partial charge in [-0.3, -0.25) is 0 Å². The van der Waals surface area contributed by atoms with Crippen LogP contribution in [0.1, 0.15) is 51.1 Å². The number of ether oxygens (including phenoxy) is 1. The normalized spacial score (nSPS) is 19.8. The van der Waals surface area contributed by atoms with E-state index in [0.717, 1.165) is 12.8 Å². The number of pyridine rings is 1. The molecule has 100 valence electrons. The molecule has 1 unspecified atom stereocenters. The second-order valence-corrected chi connectivity index (χ2v) is 5.29. The van der Waals surface area contributed by atoms with Crippen molar-refractivity contribution in [1.82, 2.24) is 4.98 Å². The van der Waals surface area contributed by atoms with E-state index in [1.807, 2.05) is 6.92 Å². The number of nitrogens with two attached hydrogens (primary N) is 1. The predicted octanol–water partition coefficient (Wildman–Crippen LogP) is 3.20. The number of hydrogen-bond acceptors (Lipinski definition) is 3. The summed E-state index contributed by atoms with van der Waals surface area (Å²) in [7, 11) is 0. The van der Waals surface area contributed by atoms with Gasteiger partial charge in [0.1, 0.15) is 0 Å². The van der Waals surface area contributed by atoms with Crippen LogP contribution >= 0.6 is 0 Å². The van der Waals surface area contributed by atoms with Crippen LogP contribution in [0.2, 0.25) is 0 Å². The summed E-state index contributed by atoms with van der Waals surface area (Å²) in [6, 6.07) is 1.38. The molecule has 1 atom stereocenters. The Morgan fingerprint density at radius 3 is 2.78 bits per heavy atom. The molecule has 1 heterocycles. The minimum absolute atomic E-state index is 0.00826. The van der Waals surface area contributed by atoms with E-state index < -0.39 is 5.82 Å². The Balaban J connectivity index is 2.30. The maximum atomic E-state index is 14.3. The fourth-order valence-corrected chi connectivity index (χ4v) is 2.79. The highest BCUT2D eigenvalue weighted by Gasteiger charge is 2.37. The Morgan fingerprint density at radius 2 is 2.17 bits per heavy atom. The highest BCUT2D eigenvalue weighted by Crippen LogP contribution is 2.46. The Hall–Kier alpha value is -1.16. The number of nitrogens with zero attached hydrogens (tertiary/aromatic N) is 1. The molecule has 1 aromatic heterocycles. The molecule has 1 saturated carbocycles. The number of rotatable bonds is 4. The third-order valence-corrected chi connectivity index (χ3v) is 4.00. The Morgan fingerprint density at radius 1 is 1.50 bits per heavy atom. The van der Waals surface area contributed by atoms with Gasteiger partial charge in [-0.2, -0.15) is 0 Å². The summed E-state index contributed by atoms with van der Waals surface area (Å²) < 4.78 is 19.4. The summed E-state index contributed by atoms with van der Waals surface area (Å²) >= 11 is 0. The Bertz CT molecular complexity index is 416. The maximum Gasteiger partial charge on any atom is 0.250 e. The van der Waals surface area contributed by atoms with E-state index in [1.54, 1.807) is 12.3 Å². The minimum Gasteiger partial charge on any atom is -0.476 e. The molecule has 2 rings (SSSR count). The molecular weight excluding hydrogens is 231 g/mol. The molecule has 0 amide bonds. The molecule has 1 fully saturated rings. The zero-order chi connectivity index (χ0) is 13.2. The first kappa shape index (κ1) is 13.3. The molecule has 0 radical (unpaired) electrons. The second kappa shape index (κ2) is 5.22. The van der Waals surface area contributed by atoms with E-state index in [9.17, 15) is 4.39 Å². The van der Waals surface area contributed by atoms with E-state index in [1.165, 1.54) is 12.8 Å². The molecule has 0 bridgehead atoms. The molecule has 4 heteroatoms. The van der Waals surface area contributed by atoms with Crippen LogP contribution in [0, 0.1) is 11.2 Å². The quantitative estimate of drug-likeness (QED) is 0.895. The van der Waals surface area contributed by atoms with Crippen LogP contribution in [0.25, 0.3) is 0 Å².